The zero-order chi connectivity index (χ0) is 15.3. The van der Waals surface area contributed by atoms with Crippen LogP contribution in [0.2, 0.25) is 0 Å². The fourth-order valence-corrected chi connectivity index (χ4v) is 2.44. The molecule has 5 heteroatoms. The molecule has 0 fully saturated rings. The third kappa shape index (κ3) is 4.54. The van der Waals surface area contributed by atoms with E-state index in [1.54, 1.807) is 0 Å². The maximum absolute atomic E-state index is 4.74. The summed E-state index contributed by atoms with van der Waals surface area (Å²) in [6, 6.07) is 0.390. The van der Waals surface area contributed by atoms with Crippen LogP contribution in [0.25, 0.3) is 0 Å². The summed E-state index contributed by atoms with van der Waals surface area (Å²) in [4.78, 5) is 9.42. The lowest BCUT2D eigenvalue weighted by atomic mass is 9.95. The fraction of sp³-hybridized carbons (Fsp3) is 0.733. The van der Waals surface area contributed by atoms with Crippen LogP contribution in [-0.2, 0) is 5.41 Å². The molecular formula is C15H28N4S. The Morgan fingerprint density at radius 1 is 1.20 bits per heavy atom. The number of anilines is 2. The summed E-state index contributed by atoms with van der Waals surface area (Å²) in [5, 5.41) is 6.85. The number of aromatic nitrogens is 2. The van der Waals surface area contributed by atoms with Gasteiger partial charge in [0.25, 0.3) is 0 Å². The molecule has 4 nitrogen and oxygen atoms in total. The Labute approximate surface area is 127 Å². The highest BCUT2D eigenvalue weighted by atomic mass is 32.2. The lowest BCUT2D eigenvalue weighted by molar-refractivity contribution is 0.545. The third-order valence-electron chi connectivity index (χ3n) is 2.96. The summed E-state index contributed by atoms with van der Waals surface area (Å²) in [5.41, 5.74) is 1.03. The van der Waals surface area contributed by atoms with Crippen LogP contribution in [0.3, 0.4) is 0 Å². The third-order valence-corrected chi connectivity index (χ3v) is 3.79. The van der Waals surface area contributed by atoms with Crippen molar-refractivity contribution in [1.82, 2.24) is 9.97 Å². The molecule has 0 amide bonds. The van der Waals surface area contributed by atoms with Gasteiger partial charge in [0.05, 0.1) is 0 Å². The first-order chi connectivity index (χ1) is 9.29. The molecule has 0 aliphatic rings. The maximum Gasteiger partial charge on any atom is 0.138 e. The highest BCUT2D eigenvalue weighted by Gasteiger charge is 2.21. The van der Waals surface area contributed by atoms with Crippen LogP contribution in [-0.4, -0.2) is 34.6 Å². The van der Waals surface area contributed by atoms with E-state index in [-0.39, 0.29) is 5.41 Å². The number of nitrogens with zero attached hydrogens (tertiary/aromatic N) is 2. The van der Waals surface area contributed by atoms with Crippen LogP contribution in [0.1, 0.15) is 46.0 Å². The molecule has 1 aromatic heterocycles. The molecule has 1 heterocycles. The van der Waals surface area contributed by atoms with E-state index in [1.165, 1.54) is 0 Å². The van der Waals surface area contributed by atoms with E-state index >= 15 is 0 Å². The average Bonchev–Trinajstić information content (AvgIpc) is 2.33. The average molecular weight is 296 g/mol. The molecule has 0 radical (unpaired) electrons. The van der Waals surface area contributed by atoms with Gasteiger partial charge < -0.3 is 10.6 Å². The van der Waals surface area contributed by atoms with Crippen molar-refractivity contribution < 1.29 is 0 Å². The lowest BCUT2D eigenvalue weighted by Crippen LogP contribution is -2.24. The van der Waals surface area contributed by atoms with E-state index in [4.69, 9.17) is 4.98 Å². The summed E-state index contributed by atoms with van der Waals surface area (Å²) >= 11 is 1.84. The first kappa shape index (κ1) is 17.1. The van der Waals surface area contributed by atoms with Gasteiger partial charge in [0.1, 0.15) is 17.5 Å². The molecule has 1 rings (SSSR count). The molecule has 0 saturated carbocycles. The van der Waals surface area contributed by atoms with Crippen molar-refractivity contribution in [2.75, 3.05) is 29.2 Å². The van der Waals surface area contributed by atoms with E-state index in [2.05, 4.69) is 63.4 Å². The van der Waals surface area contributed by atoms with Gasteiger partial charge in [0, 0.05) is 29.3 Å². The van der Waals surface area contributed by atoms with E-state index in [0.717, 1.165) is 35.3 Å². The standard InChI is InChI=1S/C15H28N4S/c1-8-16-12-11(3)13(17-10(2)9-20-7)19-14(18-12)15(4,5)6/h10H,8-9H2,1-7H3,(H2,16,17,18,19). The number of hydrogen-bond donors (Lipinski definition) is 2. The zero-order valence-corrected chi connectivity index (χ0v) is 14.6. The molecular weight excluding hydrogens is 268 g/mol. The van der Waals surface area contributed by atoms with Crippen molar-refractivity contribution in [3.05, 3.63) is 11.4 Å². The van der Waals surface area contributed by atoms with Crippen LogP contribution >= 0.6 is 11.8 Å². The molecule has 20 heavy (non-hydrogen) atoms. The topological polar surface area (TPSA) is 49.8 Å². The second-order valence-electron chi connectivity index (χ2n) is 6.15. The quantitative estimate of drug-likeness (QED) is 0.838. The zero-order valence-electron chi connectivity index (χ0n) is 13.8. The van der Waals surface area contributed by atoms with Crippen molar-refractivity contribution in [3.63, 3.8) is 0 Å². The minimum absolute atomic E-state index is 0.0585. The van der Waals surface area contributed by atoms with Crippen molar-refractivity contribution in [2.45, 2.75) is 53.0 Å². The fourth-order valence-electron chi connectivity index (χ4n) is 1.86. The summed E-state index contributed by atoms with van der Waals surface area (Å²) in [5.74, 6) is 3.82. The minimum atomic E-state index is -0.0585. The Balaban J connectivity index is 3.16. The maximum atomic E-state index is 4.74. The normalized spacial score (nSPS) is 13.2. The Morgan fingerprint density at radius 3 is 2.30 bits per heavy atom. The van der Waals surface area contributed by atoms with Gasteiger partial charge in [0.15, 0.2) is 0 Å². The van der Waals surface area contributed by atoms with Gasteiger partial charge in [-0.05, 0) is 27.0 Å². The number of thioether (sulfide) groups is 1. The summed E-state index contributed by atoms with van der Waals surface area (Å²) in [6.07, 6.45) is 2.12. The molecule has 0 aromatic carbocycles. The highest BCUT2D eigenvalue weighted by Crippen LogP contribution is 2.26. The highest BCUT2D eigenvalue weighted by molar-refractivity contribution is 7.98. The van der Waals surface area contributed by atoms with Gasteiger partial charge in [0.2, 0.25) is 0 Å². The van der Waals surface area contributed by atoms with Crippen molar-refractivity contribution in [2.24, 2.45) is 0 Å². The first-order valence-electron chi connectivity index (χ1n) is 7.18. The lowest BCUT2D eigenvalue weighted by Gasteiger charge is -2.22. The molecule has 0 aliphatic heterocycles. The van der Waals surface area contributed by atoms with Gasteiger partial charge >= 0.3 is 0 Å². The Kier molecular flexibility index (Phi) is 6.11. The second-order valence-corrected chi connectivity index (χ2v) is 7.06. The van der Waals surface area contributed by atoms with Crippen molar-refractivity contribution in [1.29, 1.82) is 0 Å². The van der Waals surface area contributed by atoms with Crippen molar-refractivity contribution >= 4 is 23.4 Å². The van der Waals surface area contributed by atoms with Crippen LogP contribution in [0, 0.1) is 6.92 Å². The van der Waals surface area contributed by atoms with Gasteiger partial charge in [-0.2, -0.15) is 11.8 Å². The molecule has 1 atom stereocenters. The van der Waals surface area contributed by atoms with Crippen LogP contribution < -0.4 is 10.6 Å². The van der Waals surface area contributed by atoms with Gasteiger partial charge in [-0.25, -0.2) is 9.97 Å². The smallest absolute Gasteiger partial charge is 0.138 e. The van der Waals surface area contributed by atoms with E-state index in [1.807, 2.05) is 11.8 Å². The Morgan fingerprint density at radius 2 is 1.80 bits per heavy atom. The number of rotatable bonds is 6. The van der Waals surface area contributed by atoms with E-state index in [0.29, 0.717) is 6.04 Å². The Hall–Kier alpha value is -0.970. The molecule has 0 spiro atoms. The largest absolute Gasteiger partial charge is 0.370 e. The number of nitrogens with one attached hydrogen (secondary N) is 2. The molecule has 1 unspecified atom stereocenters. The molecule has 0 bridgehead atoms. The number of hydrogen-bond acceptors (Lipinski definition) is 5. The SMILES string of the molecule is CCNc1nc(C(C)(C)C)nc(NC(C)CSC)c1C. The predicted octanol–water partition coefficient (Wildman–Crippen LogP) is 3.68. The van der Waals surface area contributed by atoms with Crippen LogP contribution in [0.5, 0.6) is 0 Å². The molecule has 0 saturated heterocycles. The summed E-state index contributed by atoms with van der Waals surface area (Å²) < 4.78 is 0. The van der Waals surface area contributed by atoms with Crippen molar-refractivity contribution in [3.8, 4) is 0 Å². The predicted molar refractivity (Wildman–Crippen MR) is 91.1 cm³/mol. The van der Waals surface area contributed by atoms with E-state index < -0.39 is 0 Å². The van der Waals surface area contributed by atoms with Gasteiger partial charge in [-0.15, -0.1) is 0 Å². The summed E-state index contributed by atoms with van der Waals surface area (Å²) in [7, 11) is 0. The van der Waals surface area contributed by atoms with Gasteiger partial charge in [-0.3, -0.25) is 0 Å². The summed E-state index contributed by atoms with van der Waals surface area (Å²) in [6.45, 7) is 13.6. The molecule has 0 aliphatic carbocycles. The second kappa shape index (κ2) is 7.16. The molecule has 114 valence electrons. The van der Waals surface area contributed by atoms with Crippen LogP contribution in [0.4, 0.5) is 11.6 Å². The first-order valence-corrected chi connectivity index (χ1v) is 8.57. The van der Waals surface area contributed by atoms with E-state index in [9.17, 15) is 0 Å². The van der Waals surface area contributed by atoms with Gasteiger partial charge in [-0.1, -0.05) is 20.8 Å². The minimum Gasteiger partial charge on any atom is -0.370 e. The monoisotopic (exact) mass is 296 g/mol. The Bertz CT molecular complexity index is 440. The van der Waals surface area contributed by atoms with Crippen LogP contribution in [0.15, 0.2) is 0 Å². The molecule has 2 N–H and O–H groups in total. The molecule has 1 aromatic rings.